The normalized spacial score (nSPS) is 18.1. The highest BCUT2D eigenvalue weighted by Crippen LogP contribution is 2.22. The Morgan fingerprint density at radius 3 is 2.55 bits per heavy atom. The van der Waals surface area contributed by atoms with Crippen LogP contribution >= 0.6 is 0 Å². The maximum atomic E-state index is 12.6. The van der Waals surface area contributed by atoms with E-state index in [9.17, 15) is 8.42 Å². The molecule has 5 nitrogen and oxygen atoms in total. The zero-order chi connectivity index (χ0) is 20.1. The van der Waals surface area contributed by atoms with Gasteiger partial charge in [-0.1, -0.05) is 60.7 Å². The lowest BCUT2D eigenvalue weighted by Crippen LogP contribution is -2.39. The molecule has 4 rings (SSSR count). The summed E-state index contributed by atoms with van der Waals surface area (Å²) in [5.74, 6) is 0. The van der Waals surface area contributed by atoms with Gasteiger partial charge in [0.05, 0.1) is 17.6 Å². The summed E-state index contributed by atoms with van der Waals surface area (Å²) < 4.78 is 33.9. The van der Waals surface area contributed by atoms with E-state index in [2.05, 4.69) is 21.8 Å². The van der Waals surface area contributed by atoms with E-state index in [1.807, 2.05) is 48.5 Å². The van der Waals surface area contributed by atoms with E-state index in [0.717, 1.165) is 36.8 Å². The van der Waals surface area contributed by atoms with Crippen molar-refractivity contribution >= 4 is 20.8 Å². The minimum absolute atomic E-state index is 0.0826. The largest absolute Gasteiger partial charge is 0.371 e. The summed E-state index contributed by atoms with van der Waals surface area (Å²) in [6, 6.07) is 23.2. The molecule has 1 fully saturated rings. The van der Waals surface area contributed by atoms with Crippen molar-refractivity contribution in [3.05, 3.63) is 78.4 Å². The van der Waals surface area contributed by atoms with E-state index in [1.54, 1.807) is 12.1 Å². The Morgan fingerprint density at radius 1 is 0.966 bits per heavy atom. The first-order chi connectivity index (χ1) is 14.1. The number of nitrogens with zero attached hydrogens (tertiary/aromatic N) is 1. The third-order valence-corrected chi connectivity index (χ3v) is 6.76. The molecule has 29 heavy (non-hydrogen) atoms. The molecule has 1 heterocycles. The molecule has 1 atom stereocenters. The fourth-order valence-corrected chi connectivity index (χ4v) is 4.81. The van der Waals surface area contributed by atoms with Crippen LogP contribution in [0.25, 0.3) is 10.8 Å². The van der Waals surface area contributed by atoms with Gasteiger partial charge in [-0.15, -0.1) is 0 Å². The lowest BCUT2D eigenvalue weighted by molar-refractivity contribution is -0.0300. The topological polar surface area (TPSA) is 58.6 Å². The van der Waals surface area contributed by atoms with Gasteiger partial charge in [0.1, 0.15) is 0 Å². The Labute approximate surface area is 172 Å². The Balaban J connectivity index is 1.29. The molecule has 0 unspecified atom stereocenters. The van der Waals surface area contributed by atoms with Crippen molar-refractivity contribution in [2.75, 3.05) is 32.8 Å². The lowest BCUT2D eigenvalue weighted by atomic mass is 10.1. The van der Waals surface area contributed by atoms with E-state index in [-0.39, 0.29) is 6.10 Å². The van der Waals surface area contributed by atoms with Crippen LogP contribution in [0.1, 0.15) is 18.1 Å². The number of hydrogen-bond donors (Lipinski definition) is 1. The summed E-state index contributed by atoms with van der Waals surface area (Å²) in [7, 11) is -3.50. The van der Waals surface area contributed by atoms with E-state index in [1.165, 1.54) is 5.56 Å². The minimum Gasteiger partial charge on any atom is -0.371 e. The highest BCUT2D eigenvalue weighted by atomic mass is 32.2. The Bertz CT molecular complexity index is 1050. The molecule has 0 bridgehead atoms. The number of benzene rings is 3. The maximum Gasteiger partial charge on any atom is 0.240 e. The summed E-state index contributed by atoms with van der Waals surface area (Å²) in [6.07, 6.45) is 0.841. The van der Waals surface area contributed by atoms with Gasteiger partial charge in [-0.2, -0.15) is 0 Å². The quantitative estimate of drug-likeness (QED) is 0.605. The molecule has 0 aromatic heterocycles. The van der Waals surface area contributed by atoms with Crippen LogP contribution in [0.15, 0.2) is 77.7 Å². The van der Waals surface area contributed by atoms with Crippen LogP contribution in [-0.4, -0.2) is 46.1 Å². The number of hydrogen-bond acceptors (Lipinski definition) is 4. The second kappa shape index (κ2) is 9.05. The molecule has 0 saturated carbocycles. The molecule has 1 aliphatic heterocycles. The Kier molecular flexibility index (Phi) is 6.25. The number of nitrogens with one attached hydrogen (secondary N) is 1. The van der Waals surface area contributed by atoms with Crippen LogP contribution in [0.5, 0.6) is 0 Å². The summed E-state index contributed by atoms with van der Waals surface area (Å²) in [5, 5.41) is 1.96. The zero-order valence-electron chi connectivity index (χ0n) is 16.3. The van der Waals surface area contributed by atoms with Crippen LogP contribution in [0, 0.1) is 0 Å². The molecule has 0 aliphatic carbocycles. The van der Waals surface area contributed by atoms with Gasteiger partial charge >= 0.3 is 0 Å². The first kappa shape index (κ1) is 20.0. The monoisotopic (exact) mass is 410 g/mol. The molecular weight excluding hydrogens is 384 g/mol. The summed E-state index contributed by atoms with van der Waals surface area (Å²) in [6.45, 7) is 3.67. The van der Waals surface area contributed by atoms with Crippen molar-refractivity contribution in [2.45, 2.75) is 17.4 Å². The standard InChI is InChI=1S/C23H26N2O3S/c26-29(27,22-12-11-19-7-4-5-10-21(19)17-22)24-13-6-14-25-15-16-28-23(18-25)20-8-2-1-3-9-20/h1-5,7-12,17,23-24H,6,13-16,18H2/t23-/m0/s1. The van der Waals surface area contributed by atoms with Gasteiger partial charge < -0.3 is 4.74 Å². The molecule has 0 spiro atoms. The first-order valence-electron chi connectivity index (χ1n) is 9.99. The van der Waals surface area contributed by atoms with Crippen LogP contribution in [0.4, 0.5) is 0 Å². The van der Waals surface area contributed by atoms with Crippen LogP contribution in [0.3, 0.4) is 0 Å². The predicted octanol–water partition coefficient (Wildman–Crippen LogP) is 3.58. The number of sulfonamides is 1. The molecule has 0 radical (unpaired) electrons. The average molecular weight is 411 g/mol. The van der Waals surface area contributed by atoms with Crippen LogP contribution < -0.4 is 4.72 Å². The molecule has 3 aromatic carbocycles. The lowest BCUT2D eigenvalue weighted by Gasteiger charge is -2.33. The maximum absolute atomic E-state index is 12.6. The fraction of sp³-hybridized carbons (Fsp3) is 0.304. The number of morpholine rings is 1. The molecule has 1 N–H and O–H groups in total. The number of ether oxygens (including phenoxy) is 1. The third kappa shape index (κ3) is 5.03. The average Bonchev–Trinajstić information content (AvgIpc) is 2.77. The molecule has 0 amide bonds. The molecule has 6 heteroatoms. The summed E-state index contributed by atoms with van der Waals surface area (Å²) in [4.78, 5) is 2.65. The van der Waals surface area contributed by atoms with Crippen molar-refractivity contribution in [1.82, 2.24) is 9.62 Å². The van der Waals surface area contributed by atoms with Crippen LogP contribution in [-0.2, 0) is 14.8 Å². The minimum atomic E-state index is -3.50. The SMILES string of the molecule is O=S(=O)(NCCCN1CCO[C@H](c2ccccc2)C1)c1ccc2ccccc2c1. The molecular formula is C23H26N2O3S. The second-order valence-electron chi connectivity index (χ2n) is 7.33. The van der Waals surface area contributed by atoms with Gasteiger partial charge in [-0.3, -0.25) is 4.90 Å². The van der Waals surface area contributed by atoms with E-state index in [4.69, 9.17) is 4.74 Å². The zero-order valence-corrected chi connectivity index (χ0v) is 17.1. The highest BCUT2D eigenvalue weighted by molar-refractivity contribution is 7.89. The predicted molar refractivity (Wildman–Crippen MR) is 115 cm³/mol. The fourth-order valence-electron chi connectivity index (χ4n) is 3.70. The molecule has 1 aliphatic rings. The molecule has 3 aromatic rings. The Hall–Kier alpha value is -2.25. The van der Waals surface area contributed by atoms with Gasteiger partial charge in [0.15, 0.2) is 0 Å². The van der Waals surface area contributed by atoms with Gasteiger partial charge in [0.2, 0.25) is 10.0 Å². The van der Waals surface area contributed by atoms with E-state index in [0.29, 0.717) is 18.0 Å². The van der Waals surface area contributed by atoms with Gasteiger partial charge in [-0.05, 0) is 41.4 Å². The van der Waals surface area contributed by atoms with Gasteiger partial charge in [0, 0.05) is 19.6 Å². The van der Waals surface area contributed by atoms with Crippen molar-refractivity contribution in [3.8, 4) is 0 Å². The molecule has 1 saturated heterocycles. The summed E-state index contributed by atoms with van der Waals surface area (Å²) >= 11 is 0. The number of fused-ring (bicyclic) bond motifs is 1. The van der Waals surface area contributed by atoms with Crippen LogP contribution in [0.2, 0.25) is 0 Å². The van der Waals surface area contributed by atoms with E-state index < -0.39 is 10.0 Å². The van der Waals surface area contributed by atoms with Gasteiger partial charge in [0.25, 0.3) is 0 Å². The van der Waals surface area contributed by atoms with Crippen molar-refractivity contribution in [2.24, 2.45) is 0 Å². The van der Waals surface area contributed by atoms with Crippen molar-refractivity contribution in [3.63, 3.8) is 0 Å². The van der Waals surface area contributed by atoms with Gasteiger partial charge in [-0.25, -0.2) is 13.1 Å². The first-order valence-corrected chi connectivity index (χ1v) is 11.5. The van der Waals surface area contributed by atoms with Crippen molar-refractivity contribution < 1.29 is 13.2 Å². The third-order valence-electron chi connectivity index (χ3n) is 5.30. The van der Waals surface area contributed by atoms with Crippen molar-refractivity contribution in [1.29, 1.82) is 0 Å². The second-order valence-corrected chi connectivity index (χ2v) is 9.10. The summed E-state index contributed by atoms with van der Waals surface area (Å²) in [5.41, 5.74) is 1.19. The number of rotatable bonds is 7. The van der Waals surface area contributed by atoms with E-state index >= 15 is 0 Å². The smallest absolute Gasteiger partial charge is 0.240 e. The Morgan fingerprint density at radius 2 is 1.72 bits per heavy atom. The molecule has 152 valence electrons. The highest BCUT2D eigenvalue weighted by Gasteiger charge is 2.21.